The number of hydrogen-bond acceptors (Lipinski definition) is 4. The highest BCUT2D eigenvalue weighted by atomic mass is 35.5. The van der Waals surface area contributed by atoms with Crippen LogP contribution in [0.4, 0.5) is 0 Å². The second-order valence-corrected chi connectivity index (χ2v) is 12.9. The van der Waals surface area contributed by atoms with Crippen LogP contribution in [0.25, 0.3) is 0 Å². The lowest BCUT2D eigenvalue weighted by Crippen LogP contribution is -2.50. The maximum atomic E-state index is 13.7. The van der Waals surface area contributed by atoms with Gasteiger partial charge in [-0.2, -0.15) is 4.31 Å². The van der Waals surface area contributed by atoms with Crippen molar-refractivity contribution in [3.63, 3.8) is 0 Å². The van der Waals surface area contributed by atoms with Gasteiger partial charge in [0.25, 0.3) is 0 Å². The number of carbonyl (C=O) groups is 1. The second-order valence-electron chi connectivity index (χ2n) is 9.67. The maximum absolute atomic E-state index is 13.7. The number of hydrogen-bond donors (Lipinski definition) is 0. The first-order valence-corrected chi connectivity index (χ1v) is 14.8. The Morgan fingerprint density at radius 1 is 1.00 bits per heavy atom. The van der Waals surface area contributed by atoms with Crippen molar-refractivity contribution in [1.82, 2.24) is 9.21 Å². The number of halogens is 3. The van der Waals surface area contributed by atoms with Crippen LogP contribution in [-0.2, 0) is 21.4 Å². The molecule has 6 nitrogen and oxygen atoms in total. The number of piperidine rings is 1. The summed E-state index contributed by atoms with van der Waals surface area (Å²) in [6.07, 6.45) is 1.32. The van der Waals surface area contributed by atoms with E-state index in [1.165, 1.54) is 16.4 Å². The molecule has 0 spiro atoms. The first-order valence-electron chi connectivity index (χ1n) is 12.2. The molecule has 10 heteroatoms. The van der Waals surface area contributed by atoms with Gasteiger partial charge in [-0.25, -0.2) is 8.42 Å². The molecule has 0 N–H and O–H groups in total. The fraction of sp³-hybridized carbons (Fsp3) is 0.321. The number of sulfonamides is 1. The fourth-order valence-electron chi connectivity index (χ4n) is 4.66. The van der Waals surface area contributed by atoms with E-state index in [4.69, 9.17) is 39.5 Å². The Hall–Kier alpha value is -2.29. The predicted molar refractivity (Wildman–Crippen MR) is 151 cm³/mol. The summed E-state index contributed by atoms with van der Waals surface area (Å²) >= 11 is 18.4. The molecule has 1 fully saturated rings. The number of ether oxygens (including phenoxy) is 1. The predicted octanol–water partition coefficient (Wildman–Crippen LogP) is 6.55. The Balaban J connectivity index is 1.59. The van der Waals surface area contributed by atoms with Crippen molar-refractivity contribution in [2.45, 2.75) is 30.7 Å². The molecule has 1 saturated heterocycles. The van der Waals surface area contributed by atoms with Crippen LogP contribution in [0, 0.1) is 5.41 Å². The molecule has 1 heterocycles. The summed E-state index contributed by atoms with van der Waals surface area (Å²) in [5.74, 6) is 0.505. The standard InChI is InChI=1S/C28H29Cl3N2O4S/c1-32(18-21-6-3-2-4-7-21)27(34)17-28(20-37-24-11-8-22(29)9-12-24)14-5-15-33(19-28)38(35,36)26-16-23(30)10-13-25(26)31/h2-4,6-13,16H,5,14-15,17-20H2,1H3/t28-/m0/s1. The molecular weight excluding hydrogens is 567 g/mol. The van der Waals surface area contributed by atoms with Crippen molar-refractivity contribution in [3.8, 4) is 5.75 Å². The number of rotatable bonds is 9. The Morgan fingerprint density at radius 3 is 2.39 bits per heavy atom. The van der Waals surface area contributed by atoms with Crippen molar-refractivity contribution < 1.29 is 17.9 Å². The number of carbonyl (C=O) groups excluding carboxylic acids is 1. The third-order valence-corrected chi connectivity index (χ3v) is 9.52. The van der Waals surface area contributed by atoms with Gasteiger partial charge in [0.1, 0.15) is 10.6 Å². The Labute approximate surface area is 239 Å². The topological polar surface area (TPSA) is 66.9 Å². The average molecular weight is 596 g/mol. The SMILES string of the molecule is CN(Cc1ccccc1)C(=O)C[C@@]1(COc2ccc(Cl)cc2)CCCN(S(=O)(=O)c2cc(Cl)ccc2Cl)C1. The van der Waals surface area contributed by atoms with Gasteiger partial charge in [0.15, 0.2) is 0 Å². The van der Waals surface area contributed by atoms with Crippen molar-refractivity contribution in [2.24, 2.45) is 5.41 Å². The molecule has 0 bridgehead atoms. The zero-order valence-electron chi connectivity index (χ0n) is 20.9. The molecule has 3 aromatic carbocycles. The molecule has 0 radical (unpaired) electrons. The lowest BCUT2D eigenvalue weighted by Gasteiger charge is -2.42. The van der Waals surface area contributed by atoms with Crippen molar-refractivity contribution >= 4 is 50.7 Å². The lowest BCUT2D eigenvalue weighted by atomic mass is 9.78. The maximum Gasteiger partial charge on any atom is 0.244 e. The Bertz CT molecular complexity index is 1370. The summed E-state index contributed by atoms with van der Waals surface area (Å²) in [4.78, 5) is 15.1. The lowest BCUT2D eigenvalue weighted by molar-refractivity contribution is -0.134. The van der Waals surface area contributed by atoms with Gasteiger partial charge in [0.05, 0.1) is 11.6 Å². The zero-order chi connectivity index (χ0) is 27.3. The summed E-state index contributed by atoms with van der Waals surface area (Å²) in [6.45, 7) is 1.03. The van der Waals surface area contributed by atoms with E-state index < -0.39 is 15.4 Å². The normalized spacial score (nSPS) is 18.2. The van der Waals surface area contributed by atoms with E-state index in [0.717, 1.165) is 5.56 Å². The van der Waals surface area contributed by atoms with Gasteiger partial charge in [-0.05, 0) is 60.9 Å². The number of nitrogens with zero attached hydrogens (tertiary/aromatic N) is 2. The van der Waals surface area contributed by atoms with E-state index in [2.05, 4.69) is 0 Å². The van der Waals surface area contributed by atoms with E-state index in [9.17, 15) is 13.2 Å². The molecule has 3 aromatic rings. The highest BCUT2D eigenvalue weighted by Crippen LogP contribution is 2.39. The Morgan fingerprint density at radius 2 is 1.68 bits per heavy atom. The first kappa shape index (κ1) is 28.7. The van der Waals surface area contributed by atoms with Crippen molar-refractivity contribution in [3.05, 3.63) is 93.4 Å². The van der Waals surface area contributed by atoms with Gasteiger partial charge < -0.3 is 9.64 Å². The molecule has 1 atom stereocenters. The quantitative estimate of drug-likeness (QED) is 0.282. The van der Waals surface area contributed by atoms with E-state index in [1.807, 2.05) is 30.3 Å². The fourth-order valence-corrected chi connectivity index (χ4v) is 7.12. The van der Waals surface area contributed by atoms with Crippen LogP contribution >= 0.6 is 34.8 Å². The van der Waals surface area contributed by atoms with Gasteiger partial charge in [-0.3, -0.25) is 4.79 Å². The van der Waals surface area contributed by atoms with Crippen LogP contribution in [0.15, 0.2) is 77.7 Å². The molecule has 4 rings (SSSR count). The second kappa shape index (κ2) is 12.3. The van der Waals surface area contributed by atoms with Crippen LogP contribution in [0.1, 0.15) is 24.8 Å². The van der Waals surface area contributed by atoms with Gasteiger partial charge >= 0.3 is 0 Å². The molecular formula is C28H29Cl3N2O4S. The molecule has 202 valence electrons. The van der Waals surface area contributed by atoms with Gasteiger partial charge in [0, 0.05) is 48.6 Å². The molecule has 1 amide bonds. The summed E-state index contributed by atoms with van der Waals surface area (Å²) in [7, 11) is -2.20. The summed E-state index contributed by atoms with van der Waals surface area (Å²) in [6, 6.07) is 21.0. The minimum absolute atomic E-state index is 0.0476. The van der Waals surface area contributed by atoms with Crippen LogP contribution < -0.4 is 4.74 Å². The van der Waals surface area contributed by atoms with Crippen LogP contribution in [0.5, 0.6) is 5.75 Å². The van der Waals surface area contributed by atoms with Crippen molar-refractivity contribution in [1.29, 1.82) is 0 Å². The van der Waals surface area contributed by atoms with Crippen LogP contribution in [-0.4, -0.2) is 50.3 Å². The van der Waals surface area contributed by atoms with Crippen molar-refractivity contribution in [2.75, 3.05) is 26.7 Å². The number of amides is 1. The highest BCUT2D eigenvalue weighted by molar-refractivity contribution is 7.89. The third-order valence-electron chi connectivity index (χ3n) is 6.71. The highest BCUT2D eigenvalue weighted by Gasteiger charge is 2.43. The third kappa shape index (κ3) is 7.01. The largest absolute Gasteiger partial charge is 0.493 e. The molecule has 1 aliphatic rings. The molecule has 38 heavy (non-hydrogen) atoms. The van der Waals surface area contributed by atoms with E-state index in [0.29, 0.717) is 36.7 Å². The first-order chi connectivity index (χ1) is 18.1. The summed E-state index contributed by atoms with van der Waals surface area (Å²) < 4.78 is 34.8. The van der Waals surface area contributed by atoms with E-state index in [-0.39, 0.29) is 40.4 Å². The zero-order valence-corrected chi connectivity index (χ0v) is 24.0. The van der Waals surface area contributed by atoms with Crippen LogP contribution in [0.2, 0.25) is 15.1 Å². The van der Waals surface area contributed by atoms with Gasteiger partial charge in [0.2, 0.25) is 15.9 Å². The monoisotopic (exact) mass is 594 g/mol. The smallest absolute Gasteiger partial charge is 0.244 e. The summed E-state index contributed by atoms with van der Waals surface area (Å²) in [5.41, 5.74) is 0.260. The minimum atomic E-state index is -3.96. The minimum Gasteiger partial charge on any atom is -0.493 e. The summed E-state index contributed by atoms with van der Waals surface area (Å²) in [5, 5.41) is 0.958. The molecule has 0 unspecified atom stereocenters. The Kier molecular flexibility index (Phi) is 9.27. The molecule has 0 aliphatic carbocycles. The molecule has 1 aliphatic heterocycles. The van der Waals surface area contributed by atoms with Gasteiger partial charge in [-0.15, -0.1) is 0 Å². The van der Waals surface area contributed by atoms with E-state index >= 15 is 0 Å². The molecule has 0 saturated carbocycles. The number of benzene rings is 3. The van der Waals surface area contributed by atoms with Gasteiger partial charge in [-0.1, -0.05) is 65.1 Å². The van der Waals surface area contributed by atoms with E-state index in [1.54, 1.807) is 42.3 Å². The average Bonchev–Trinajstić information content (AvgIpc) is 2.90. The molecule has 0 aromatic heterocycles. The van der Waals surface area contributed by atoms with Crippen LogP contribution in [0.3, 0.4) is 0 Å².